The highest BCUT2D eigenvalue weighted by atomic mass is 31.2. The maximum atomic E-state index is 13.7. The lowest BCUT2D eigenvalue weighted by atomic mass is 10.0. The van der Waals surface area contributed by atoms with Gasteiger partial charge in [0, 0.05) is 11.1 Å². The molecule has 70 heavy (non-hydrogen) atoms. The number of nitrogens with zero attached hydrogens (tertiary/aromatic N) is 6. The maximum Gasteiger partial charge on any atom is 0.511 e. The number of fused-ring (bicyclic) bond motifs is 3. The van der Waals surface area contributed by atoms with Crippen molar-refractivity contribution in [2.45, 2.75) is 32.7 Å². The lowest BCUT2D eigenvalue weighted by molar-refractivity contribution is -0.0312. The van der Waals surface area contributed by atoms with Gasteiger partial charge in [-0.2, -0.15) is 24.9 Å². The molecule has 0 saturated carbocycles. The van der Waals surface area contributed by atoms with Gasteiger partial charge in [0.2, 0.25) is 6.79 Å². The Labute approximate surface area is 403 Å². The van der Waals surface area contributed by atoms with Crippen LogP contribution in [0, 0.1) is 0 Å². The number of rotatable bonds is 21. The average Bonchev–Trinajstić information content (AvgIpc) is 4.14. The Morgan fingerprint density at radius 2 is 1.14 bits per heavy atom. The van der Waals surface area contributed by atoms with Gasteiger partial charge in [0.05, 0.1) is 53.3 Å². The third-order valence-electron chi connectivity index (χ3n) is 11.2. The molecule has 0 aliphatic heterocycles. The van der Waals surface area contributed by atoms with E-state index in [0.29, 0.717) is 24.3 Å². The topological polar surface area (TPSA) is 186 Å². The summed E-state index contributed by atoms with van der Waals surface area (Å²) in [6.45, 7) is -0.844. The molecular formula is C52H47N6O11P. The highest BCUT2D eigenvalue weighted by molar-refractivity contribution is 7.48. The molecule has 1 aliphatic rings. The zero-order chi connectivity index (χ0) is 48.3. The van der Waals surface area contributed by atoms with Crippen LogP contribution < -0.4 is 9.47 Å². The summed E-state index contributed by atoms with van der Waals surface area (Å²) in [5.41, 5.74) is 10.3. The van der Waals surface area contributed by atoms with Gasteiger partial charge >= 0.3 is 19.9 Å². The Bertz CT molecular complexity index is 3060. The fourth-order valence-electron chi connectivity index (χ4n) is 7.64. The van der Waals surface area contributed by atoms with E-state index in [1.54, 1.807) is 25.2 Å². The zero-order valence-electron chi connectivity index (χ0n) is 38.2. The highest BCUT2D eigenvalue weighted by Crippen LogP contribution is 2.51. The van der Waals surface area contributed by atoms with Crippen LogP contribution in [0.4, 0.5) is 4.79 Å². The first kappa shape index (κ1) is 47.1. The van der Waals surface area contributed by atoms with E-state index in [1.807, 2.05) is 133 Å². The molecule has 1 aliphatic carbocycles. The summed E-state index contributed by atoms with van der Waals surface area (Å²) in [5.74, 6) is 0.596. The molecule has 18 heteroatoms. The van der Waals surface area contributed by atoms with Gasteiger partial charge in [-0.25, -0.2) is 14.2 Å². The number of benzene rings is 6. The van der Waals surface area contributed by atoms with E-state index in [-0.39, 0.29) is 44.4 Å². The fraction of sp³-hybridized carbons (Fsp3) is 0.192. The number of hydrogen-bond donors (Lipinski definition) is 0. The van der Waals surface area contributed by atoms with Crippen molar-refractivity contribution < 1.29 is 51.4 Å². The summed E-state index contributed by atoms with van der Waals surface area (Å²) in [6.07, 6.45) is 1.23. The van der Waals surface area contributed by atoms with Crippen LogP contribution in [0.1, 0.15) is 43.9 Å². The van der Waals surface area contributed by atoms with Crippen LogP contribution in [0.5, 0.6) is 11.5 Å². The molecule has 0 radical (unpaired) electrons. The number of aromatic nitrogens is 6. The standard InChI is InChI=1S/C52H47N6O11P/c1-62-44-19-13-36(14-20-44)31-57-53-30-48(54-57)40-17-23-46-42(27-40)29-43-28-41(18-24-47(43)46)49-50(56-58(55-49)32-37-15-21-45(63-2)22-16-37)51(59)65-35-66-52(60)64-25-26-67-70(61,68-33-38-9-5-3-6-10-38)69-34-39-11-7-4-8-12-39/h3-24,27-28,30H,25-26,29,31-35H2,1-2H3. The fourth-order valence-corrected chi connectivity index (χ4v) is 8.78. The average molecular weight is 963 g/mol. The molecule has 0 spiro atoms. The van der Waals surface area contributed by atoms with Crippen molar-refractivity contribution in [2.24, 2.45) is 0 Å². The van der Waals surface area contributed by atoms with Crippen molar-refractivity contribution in [3.05, 3.63) is 191 Å². The van der Waals surface area contributed by atoms with Crippen molar-refractivity contribution in [1.82, 2.24) is 30.0 Å². The second-order valence-electron chi connectivity index (χ2n) is 15.9. The van der Waals surface area contributed by atoms with Crippen LogP contribution in [0.15, 0.2) is 152 Å². The SMILES string of the molecule is COc1ccc(Cn2ncc(-c3ccc4c(c3)Cc3cc(-c5nn(Cc6ccc(OC)cc6)nc5C(=O)OCOC(=O)OCCOP(=O)(OCc5ccccc5)OCc5ccccc5)ccc3-4)n2)cc1. The van der Waals surface area contributed by atoms with Gasteiger partial charge in [0.1, 0.15) is 29.5 Å². The van der Waals surface area contributed by atoms with Gasteiger partial charge in [0.15, 0.2) is 5.69 Å². The molecule has 17 nitrogen and oxygen atoms in total. The summed E-state index contributed by atoms with van der Waals surface area (Å²) in [6, 6.07) is 45.6. The van der Waals surface area contributed by atoms with Gasteiger partial charge < -0.3 is 23.7 Å². The molecule has 356 valence electrons. The first-order valence-electron chi connectivity index (χ1n) is 22.2. The Hall–Kier alpha value is -7.95. The lowest BCUT2D eigenvalue weighted by Gasteiger charge is -2.18. The van der Waals surface area contributed by atoms with E-state index in [9.17, 15) is 14.2 Å². The van der Waals surface area contributed by atoms with E-state index in [0.717, 1.165) is 61.5 Å². The monoisotopic (exact) mass is 962 g/mol. The largest absolute Gasteiger partial charge is 0.511 e. The summed E-state index contributed by atoms with van der Waals surface area (Å²) in [5, 5.41) is 18.5. The Kier molecular flexibility index (Phi) is 14.8. The summed E-state index contributed by atoms with van der Waals surface area (Å²) in [7, 11) is -0.880. The molecule has 0 amide bonds. The van der Waals surface area contributed by atoms with Crippen molar-refractivity contribution in [2.75, 3.05) is 34.2 Å². The van der Waals surface area contributed by atoms with Crippen LogP contribution in [0.25, 0.3) is 33.6 Å². The first-order chi connectivity index (χ1) is 34.2. The van der Waals surface area contributed by atoms with Gasteiger partial charge in [0.25, 0.3) is 0 Å². The predicted molar refractivity (Wildman–Crippen MR) is 256 cm³/mol. The van der Waals surface area contributed by atoms with Crippen molar-refractivity contribution in [1.29, 1.82) is 0 Å². The van der Waals surface area contributed by atoms with E-state index < -0.39 is 26.7 Å². The van der Waals surface area contributed by atoms with Gasteiger partial charge in [-0.3, -0.25) is 13.6 Å². The van der Waals surface area contributed by atoms with E-state index in [4.69, 9.17) is 47.5 Å². The van der Waals surface area contributed by atoms with Gasteiger partial charge in [-0.15, -0.1) is 5.10 Å². The molecule has 0 unspecified atom stereocenters. The van der Waals surface area contributed by atoms with Crippen LogP contribution >= 0.6 is 7.82 Å². The number of esters is 1. The maximum absolute atomic E-state index is 13.7. The Morgan fingerprint density at radius 1 is 0.571 bits per heavy atom. The quantitative estimate of drug-likeness (QED) is 0.0286. The molecule has 9 rings (SSSR count). The molecule has 0 N–H and O–H groups in total. The minimum absolute atomic E-state index is 0.0416. The number of phosphoric ester groups is 1. The minimum atomic E-state index is -4.11. The number of hydrogen-bond acceptors (Lipinski definition) is 15. The molecule has 2 aromatic heterocycles. The summed E-state index contributed by atoms with van der Waals surface area (Å²) >= 11 is 0. The third-order valence-corrected chi connectivity index (χ3v) is 12.6. The number of carbonyl (C=O) groups excluding carboxylic acids is 2. The summed E-state index contributed by atoms with van der Waals surface area (Å²) < 4.78 is 56.3. The Balaban J connectivity index is 0.833. The minimum Gasteiger partial charge on any atom is -0.497 e. The van der Waals surface area contributed by atoms with Crippen molar-refractivity contribution >= 4 is 19.9 Å². The highest BCUT2D eigenvalue weighted by Gasteiger charge is 2.28. The molecule has 0 bridgehead atoms. The molecule has 0 saturated heterocycles. The molecule has 6 aromatic carbocycles. The predicted octanol–water partition coefficient (Wildman–Crippen LogP) is 9.71. The van der Waals surface area contributed by atoms with E-state index in [2.05, 4.69) is 22.3 Å². The number of phosphoric acid groups is 1. The van der Waals surface area contributed by atoms with Crippen LogP contribution in [-0.4, -0.2) is 76.3 Å². The van der Waals surface area contributed by atoms with Crippen LogP contribution in [0.2, 0.25) is 0 Å². The summed E-state index contributed by atoms with van der Waals surface area (Å²) in [4.78, 5) is 29.3. The smallest absolute Gasteiger partial charge is 0.497 e. The molecule has 8 aromatic rings. The van der Waals surface area contributed by atoms with E-state index in [1.165, 1.54) is 4.80 Å². The molecule has 2 heterocycles. The van der Waals surface area contributed by atoms with Crippen LogP contribution in [-0.2, 0) is 65.1 Å². The second-order valence-corrected chi connectivity index (χ2v) is 17.6. The Morgan fingerprint density at radius 3 is 1.74 bits per heavy atom. The lowest BCUT2D eigenvalue weighted by Crippen LogP contribution is -2.17. The first-order valence-corrected chi connectivity index (χ1v) is 23.6. The molecule has 0 atom stereocenters. The third kappa shape index (κ3) is 11.8. The zero-order valence-corrected chi connectivity index (χ0v) is 39.1. The number of methoxy groups -OCH3 is 2. The molecular weight excluding hydrogens is 916 g/mol. The second kappa shape index (κ2) is 22.0. The normalized spacial score (nSPS) is 11.7. The van der Waals surface area contributed by atoms with E-state index >= 15 is 0 Å². The van der Waals surface area contributed by atoms with Gasteiger partial charge in [-0.1, -0.05) is 109 Å². The van der Waals surface area contributed by atoms with Crippen molar-refractivity contribution in [3.63, 3.8) is 0 Å². The van der Waals surface area contributed by atoms with Gasteiger partial charge in [-0.05, 0) is 87.3 Å². The number of ether oxygens (including phenoxy) is 5. The van der Waals surface area contributed by atoms with Crippen LogP contribution in [0.3, 0.4) is 0 Å². The molecule has 0 fully saturated rings. The number of carbonyl (C=O) groups is 2. The van der Waals surface area contributed by atoms with Crippen molar-refractivity contribution in [3.8, 4) is 45.1 Å².